The van der Waals surface area contributed by atoms with E-state index in [4.69, 9.17) is 0 Å². The van der Waals surface area contributed by atoms with E-state index in [-0.39, 0.29) is 66.7 Å². The van der Waals surface area contributed by atoms with Crippen LogP contribution in [0.4, 0.5) is 0 Å². The van der Waals surface area contributed by atoms with Crippen molar-refractivity contribution in [3.63, 3.8) is 0 Å². The smallest absolute Gasteiger partial charge is 0.246 e. The molecular weight excluding hydrogens is 672 g/mol. The number of nitrogens with zero attached hydrogens (tertiary/aromatic N) is 3. The lowest BCUT2D eigenvalue weighted by molar-refractivity contribution is -0.146. The fraction of sp³-hybridized carbons (Fsp3) is 0.619. The molecule has 11 heteroatoms. The SMILES string of the molecule is CCCC(CC(=O)[C@@H]1[C@H]2CC[C@@](C)(O)[C@H]2CN1C(=O)[C@@H](NC(=O)[C@H](CC(=O)c1cnccn1)C(C)C)C(C)(C)C)C(=O)C(=O)C[C@@H](C)c1ccccc1. The molecule has 2 aromatic rings. The van der Waals surface area contributed by atoms with Crippen LogP contribution in [0.3, 0.4) is 0 Å². The van der Waals surface area contributed by atoms with Crippen LogP contribution in [0, 0.1) is 35.0 Å². The number of rotatable bonds is 17. The van der Waals surface area contributed by atoms with Crippen molar-refractivity contribution in [2.75, 3.05) is 6.54 Å². The summed E-state index contributed by atoms with van der Waals surface area (Å²) in [4.78, 5) is 92.6. The van der Waals surface area contributed by atoms with Crippen LogP contribution in [-0.4, -0.2) is 79.2 Å². The summed E-state index contributed by atoms with van der Waals surface area (Å²) in [5.74, 6) is -5.35. The van der Waals surface area contributed by atoms with Crippen molar-refractivity contribution in [3.05, 3.63) is 60.2 Å². The number of aliphatic hydroxyl groups is 1. The Bertz CT molecular complexity index is 1640. The highest BCUT2D eigenvalue weighted by Gasteiger charge is 2.58. The lowest BCUT2D eigenvalue weighted by Crippen LogP contribution is -2.58. The maximum Gasteiger partial charge on any atom is 0.246 e. The lowest BCUT2D eigenvalue weighted by Gasteiger charge is -2.37. The molecule has 4 rings (SSSR count). The van der Waals surface area contributed by atoms with Crippen molar-refractivity contribution in [3.8, 4) is 0 Å². The maximum atomic E-state index is 14.7. The zero-order chi connectivity index (χ0) is 39.2. The van der Waals surface area contributed by atoms with E-state index in [1.807, 2.05) is 78.8 Å². The predicted octanol–water partition coefficient (Wildman–Crippen LogP) is 5.55. The van der Waals surface area contributed by atoms with Crippen LogP contribution >= 0.6 is 0 Å². The number of nitrogens with one attached hydrogen (secondary N) is 1. The van der Waals surface area contributed by atoms with E-state index < -0.39 is 58.3 Å². The van der Waals surface area contributed by atoms with Gasteiger partial charge in [0.2, 0.25) is 17.6 Å². The van der Waals surface area contributed by atoms with Gasteiger partial charge in [-0.25, -0.2) is 4.98 Å². The second kappa shape index (κ2) is 17.3. The highest BCUT2D eigenvalue weighted by Crippen LogP contribution is 2.49. The molecule has 8 atom stereocenters. The summed E-state index contributed by atoms with van der Waals surface area (Å²) < 4.78 is 0. The number of carbonyl (C=O) groups excluding carboxylic acids is 6. The number of benzene rings is 1. The largest absolute Gasteiger partial charge is 0.390 e. The second-order valence-corrected chi connectivity index (χ2v) is 16.9. The Kier molecular flexibility index (Phi) is 13.6. The van der Waals surface area contributed by atoms with Gasteiger partial charge in [-0.3, -0.25) is 33.8 Å². The Labute approximate surface area is 314 Å². The van der Waals surface area contributed by atoms with Crippen molar-refractivity contribution in [1.29, 1.82) is 0 Å². The van der Waals surface area contributed by atoms with Crippen LogP contribution in [0.5, 0.6) is 0 Å². The first kappa shape index (κ1) is 41.6. The molecule has 0 bridgehead atoms. The van der Waals surface area contributed by atoms with Gasteiger partial charge in [-0.05, 0) is 54.9 Å². The van der Waals surface area contributed by atoms with Gasteiger partial charge >= 0.3 is 0 Å². The molecule has 0 radical (unpaired) electrons. The number of carbonyl (C=O) groups is 6. The Hall–Kier alpha value is -4.12. The minimum absolute atomic E-state index is 0.0353. The fourth-order valence-electron chi connectivity index (χ4n) is 8.20. The molecule has 1 aromatic heterocycles. The third kappa shape index (κ3) is 9.90. The van der Waals surface area contributed by atoms with E-state index in [0.717, 1.165) is 5.56 Å². The van der Waals surface area contributed by atoms with E-state index in [2.05, 4.69) is 15.3 Å². The normalized spacial score (nSPS) is 23.5. The highest BCUT2D eigenvalue weighted by atomic mass is 16.3. The molecule has 2 fully saturated rings. The zero-order valence-corrected chi connectivity index (χ0v) is 32.6. The quantitative estimate of drug-likeness (QED) is 0.157. The summed E-state index contributed by atoms with van der Waals surface area (Å²) in [6.45, 7) is 14.8. The summed E-state index contributed by atoms with van der Waals surface area (Å²) in [5, 5.41) is 14.3. The van der Waals surface area contributed by atoms with Gasteiger partial charge in [0.15, 0.2) is 17.3 Å². The summed E-state index contributed by atoms with van der Waals surface area (Å²) >= 11 is 0. The molecule has 53 heavy (non-hydrogen) atoms. The van der Waals surface area contributed by atoms with Crippen LogP contribution in [0.25, 0.3) is 0 Å². The minimum atomic E-state index is -1.11. The van der Waals surface area contributed by atoms with Crippen LogP contribution in [0.2, 0.25) is 0 Å². The van der Waals surface area contributed by atoms with Gasteiger partial charge in [0.25, 0.3) is 0 Å². The summed E-state index contributed by atoms with van der Waals surface area (Å²) in [7, 11) is 0. The van der Waals surface area contributed by atoms with E-state index in [0.29, 0.717) is 25.7 Å². The van der Waals surface area contributed by atoms with E-state index in [1.165, 1.54) is 23.5 Å². The van der Waals surface area contributed by atoms with Crippen molar-refractivity contribution in [1.82, 2.24) is 20.2 Å². The molecule has 1 unspecified atom stereocenters. The number of fused-ring (bicyclic) bond motifs is 1. The number of amides is 2. The first-order valence-corrected chi connectivity index (χ1v) is 19.1. The zero-order valence-electron chi connectivity index (χ0n) is 32.6. The van der Waals surface area contributed by atoms with E-state index in [9.17, 15) is 33.9 Å². The van der Waals surface area contributed by atoms with Gasteiger partial charge in [-0.2, -0.15) is 0 Å². The van der Waals surface area contributed by atoms with Gasteiger partial charge in [0, 0.05) is 56.0 Å². The number of Topliss-reactive ketones (excluding diaryl/α,β-unsaturated/α-hetero) is 4. The van der Waals surface area contributed by atoms with Gasteiger partial charge in [-0.15, -0.1) is 0 Å². The van der Waals surface area contributed by atoms with Gasteiger partial charge in [-0.1, -0.05) is 85.2 Å². The summed E-state index contributed by atoms with van der Waals surface area (Å²) in [6.07, 6.45) is 5.88. The number of ketones is 4. The van der Waals surface area contributed by atoms with Crippen molar-refractivity contribution >= 4 is 34.9 Å². The summed E-state index contributed by atoms with van der Waals surface area (Å²) in [6, 6.07) is 7.53. The molecule has 11 nitrogen and oxygen atoms in total. The molecule has 288 valence electrons. The third-order valence-corrected chi connectivity index (χ3v) is 11.4. The maximum absolute atomic E-state index is 14.7. The number of hydrogen-bond donors (Lipinski definition) is 2. The fourth-order valence-corrected chi connectivity index (χ4v) is 8.20. The topological polar surface area (TPSA) is 164 Å². The van der Waals surface area contributed by atoms with Crippen molar-refractivity contribution < 1.29 is 33.9 Å². The highest BCUT2D eigenvalue weighted by molar-refractivity contribution is 6.38. The van der Waals surface area contributed by atoms with E-state index in [1.54, 1.807) is 6.92 Å². The van der Waals surface area contributed by atoms with Gasteiger partial charge in [0.1, 0.15) is 11.7 Å². The van der Waals surface area contributed by atoms with Crippen LogP contribution in [-0.2, 0) is 24.0 Å². The molecule has 2 N–H and O–H groups in total. The molecule has 1 aliphatic carbocycles. The molecule has 0 spiro atoms. The Morgan fingerprint density at radius 1 is 1.00 bits per heavy atom. The van der Waals surface area contributed by atoms with Crippen molar-refractivity contribution in [2.45, 2.75) is 124 Å². The molecule has 2 aliphatic rings. The first-order chi connectivity index (χ1) is 24.9. The number of hydrogen-bond acceptors (Lipinski definition) is 9. The molecule has 2 amide bonds. The van der Waals surface area contributed by atoms with Crippen LogP contribution in [0.1, 0.15) is 122 Å². The molecule has 1 saturated carbocycles. The van der Waals surface area contributed by atoms with Crippen molar-refractivity contribution in [2.24, 2.45) is 35.0 Å². The number of aromatic nitrogens is 2. The monoisotopic (exact) mass is 730 g/mol. The first-order valence-electron chi connectivity index (χ1n) is 19.1. The molecular formula is C42H58N4O7. The molecule has 1 aliphatic heterocycles. The van der Waals surface area contributed by atoms with Gasteiger partial charge in [0.05, 0.1) is 17.8 Å². The Balaban J connectivity index is 1.57. The molecule has 1 saturated heterocycles. The molecule has 1 aromatic carbocycles. The average Bonchev–Trinajstić information content (AvgIpc) is 3.65. The second-order valence-electron chi connectivity index (χ2n) is 16.9. The standard InChI is InChI=1S/C42H58N4O7/c1-9-13-28(37(50)35(49)20-26(4)27-14-11-10-12-15-27)21-34(48)36-29-16-17-42(8,53)31(29)24-46(36)40(52)38(41(5,6)7)45-39(51)30(25(2)3)22-33(47)32-23-43-18-19-44-32/h10-12,14-15,18-19,23,25-26,28-31,36,38,53H,9,13,16-17,20-22,24H2,1-8H3,(H,45,51)/t26-,28?,29+,30-,31+,36+,38-,42-/m1/s1. The van der Waals surface area contributed by atoms with E-state index >= 15 is 0 Å². The molecule has 2 heterocycles. The Morgan fingerprint density at radius 3 is 2.26 bits per heavy atom. The van der Waals surface area contributed by atoms with Gasteiger partial charge < -0.3 is 15.3 Å². The lowest BCUT2D eigenvalue weighted by atomic mass is 9.81. The van der Waals surface area contributed by atoms with Crippen LogP contribution < -0.4 is 5.32 Å². The van der Waals surface area contributed by atoms with Crippen LogP contribution in [0.15, 0.2) is 48.9 Å². The third-order valence-electron chi connectivity index (χ3n) is 11.4. The summed E-state index contributed by atoms with van der Waals surface area (Å²) in [5.41, 5.74) is -0.795. The average molecular weight is 731 g/mol. The number of likely N-dealkylation sites (tertiary alicyclic amines) is 1. The Morgan fingerprint density at radius 2 is 1.68 bits per heavy atom. The minimum Gasteiger partial charge on any atom is -0.390 e. The predicted molar refractivity (Wildman–Crippen MR) is 201 cm³/mol.